The number of aromatic nitrogens is 2. The number of ether oxygens (including phenoxy) is 4. The molecule has 0 fully saturated rings. The smallest absolute Gasteiger partial charge is 0.344 e. The van der Waals surface area contributed by atoms with Gasteiger partial charge in [0, 0.05) is 8.07 Å². The van der Waals surface area contributed by atoms with Gasteiger partial charge in [-0.3, -0.25) is 0 Å². The summed E-state index contributed by atoms with van der Waals surface area (Å²) in [6.45, 7) is 6.70. The highest BCUT2D eigenvalue weighted by atomic mass is 28.3. The number of halogens is 1. The molecule has 7 nitrogen and oxygen atoms in total. The van der Waals surface area contributed by atoms with Crippen LogP contribution >= 0.6 is 0 Å². The number of carbonyl (C=O) groups is 1. The first-order chi connectivity index (χ1) is 12.7. The molecule has 0 N–H and O–H groups in total. The fourth-order valence-electron chi connectivity index (χ4n) is 2.05. The van der Waals surface area contributed by atoms with Gasteiger partial charge in [0.25, 0.3) is 0 Å². The van der Waals surface area contributed by atoms with Crippen molar-refractivity contribution in [2.45, 2.75) is 25.7 Å². The standard InChI is InChI=1S/C18H23FN2O5Si/c1-23-14-11-15(24-2)21-18(20-14)26-13-8-6-7-12(19)16(13)17(22)25-9-10-27(3,4)5/h6-8,11H,9-10H2,1-5H3. The van der Waals surface area contributed by atoms with E-state index in [2.05, 4.69) is 29.6 Å². The lowest BCUT2D eigenvalue weighted by molar-refractivity contribution is 0.0516. The van der Waals surface area contributed by atoms with E-state index in [1.54, 1.807) is 0 Å². The molecule has 1 aromatic carbocycles. The molecule has 2 rings (SSSR count). The van der Waals surface area contributed by atoms with Gasteiger partial charge in [0.1, 0.15) is 17.1 Å². The Morgan fingerprint density at radius 3 is 2.30 bits per heavy atom. The number of hydrogen-bond donors (Lipinski definition) is 0. The summed E-state index contributed by atoms with van der Waals surface area (Å²) in [5.74, 6) is -1.19. The number of rotatable bonds is 8. The van der Waals surface area contributed by atoms with Crippen LogP contribution in [-0.2, 0) is 4.74 Å². The monoisotopic (exact) mass is 394 g/mol. The number of carbonyl (C=O) groups excluding carboxylic acids is 1. The van der Waals surface area contributed by atoms with Crippen LogP contribution < -0.4 is 14.2 Å². The summed E-state index contributed by atoms with van der Waals surface area (Å²) in [4.78, 5) is 20.4. The number of nitrogens with zero attached hydrogens (tertiary/aromatic N) is 2. The first kappa shape index (κ1) is 20.6. The summed E-state index contributed by atoms with van der Waals surface area (Å²) in [5, 5.41) is 0. The molecular weight excluding hydrogens is 371 g/mol. The summed E-state index contributed by atoms with van der Waals surface area (Å²) >= 11 is 0. The molecule has 0 spiro atoms. The second-order valence-corrected chi connectivity index (χ2v) is 12.5. The predicted molar refractivity (Wildman–Crippen MR) is 100 cm³/mol. The summed E-state index contributed by atoms with van der Waals surface area (Å²) in [6.07, 6.45) is 0. The predicted octanol–water partition coefficient (Wildman–Crippen LogP) is 3.92. The Balaban J connectivity index is 2.26. The molecule has 146 valence electrons. The first-order valence-electron chi connectivity index (χ1n) is 8.34. The Hall–Kier alpha value is -2.68. The number of hydrogen-bond acceptors (Lipinski definition) is 7. The maximum absolute atomic E-state index is 14.3. The van der Waals surface area contributed by atoms with E-state index in [1.807, 2.05) is 0 Å². The van der Waals surface area contributed by atoms with E-state index in [0.29, 0.717) is 0 Å². The third-order valence-electron chi connectivity index (χ3n) is 3.54. The van der Waals surface area contributed by atoms with Crippen LogP contribution in [0.25, 0.3) is 0 Å². The van der Waals surface area contributed by atoms with E-state index < -0.39 is 19.9 Å². The Kier molecular flexibility index (Phi) is 6.73. The minimum atomic E-state index is -1.38. The quantitative estimate of drug-likeness (QED) is 0.496. The minimum Gasteiger partial charge on any atom is -0.481 e. The van der Waals surface area contributed by atoms with Gasteiger partial charge in [-0.05, 0) is 18.2 Å². The zero-order valence-electron chi connectivity index (χ0n) is 16.0. The molecule has 0 atom stereocenters. The summed E-state index contributed by atoms with van der Waals surface area (Å²) in [6, 6.07) is 6.11. The van der Waals surface area contributed by atoms with Crippen molar-refractivity contribution in [2.24, 2.45) is 0 Å². The van der Waals surface area contributed by atoms with Crippen LogP contribution in [0.5, 0.6) is 23.5 Å². The summed E-state index contributed by atoms with van der Waals surface area (Å²) in [5.41, 5.74) is -0.307. The largest absolute Gasteiger partial charge is 0.481 e. The minimum absolute atomic E-state index is 0.0525. The van der Waals surface area contributed by atoms with Crippen molar-refractivity contribution >= 4 is 14.0 Å². The van der Waals surface area contributed by atoms with E-state index in [4.69, 9.17) is 18.9 Å². The number of benzene rings is 1. The Labute approximate surface area is 158 Å². The van der Waals surface area contributed by atoms with Gasteiger partial charge in [-0.2, -0.15) is 9.97 Å². The molecule has 1 heterocycles. The molecule has 0 amide bonds. The van der Waals surface area contributed by atoms with E-state index in [1.165, 1.54) is 32.4 Å². The lowest BCUT2D eigenvalue weighted by Crippen LogP contribution is -2.23. The molecule has 0 aliphatic heterocycles. The topological polar surface area (TPSA) is 79.8 Å². The Bertz CT molecular complexity index is 789. The van der Waals surface area contributed by atoms with Crippen LogP contribution in [0.4, 0.5) is 4.39 Å². The first-order valence-corrected chi connectivity index (χ1v) is 12.0. The van der Waals surface area contributed by atoms with Gasteiger partial charge in [0.05, 0.1) is 26.9 Å². The van der Waals surface area contributed by atoms with Crippen molar-refractivity contribution in [1.82, 2.24) is 9.97 Å². The van der Waals surface area contributed by atoms with Crippen molar-refractivity contribution in [3.8, 4) is 23.5 Å². The number of esters is 1. The molecule has 9 heteroatoms. The normalized spacial score (nSPS) is 11.0. The average molecular weight is 394 g/mol. The van der Waals surface area contributed by atoms with Crippen LogP contribution in [0, 0.1) is 5.82 Å². The highest BCUT2D eigenvalue weighted by Crippen LogP contribution is 2.28. The van der Waals surface area contributed by atoms with Crippen LogP contribution in [0.3, 0.4) is 0 Å². The molecule has 0 saturated heterocycles. The van der Waals surface area contributed by atoms with Gasteiger partial charge in [-0.25, -0.2) is 9.18 Å². The van der Waals surface area contributed by atoms with Gasteiger partial charge in [-0.1, -0.05) is 25.7 Å². The van der Waals surface area contributed by atoms with Crippen molar-refractivity contribution in [2.75, 3.05) is 20.8 Å². The van der Waals surface area contributed by atoms with Gasteiger partial charge >= 0.3 is 12.0 Å². The molecule has 0 saturated carbocycles. The molecule has 0 unspecified atom stereocenters. The third-order valence-corrected chi connectivity index (χ3v) is 5.25. The van der Waals surface area contributed by atoms with Crippen molar-refractivity contribution in [3.63, 3.8) is 0 Å². The highest BCUT2D eigenvalue weighted by Gasteiger charge is 2.22. The molecule has 0 bridgehead atoms. The van der Waals surface area contributed by atoms with E-state index >= 15 is 0 Å². The van der Waals surface area contributed by atoms with Crippen LogP contribution in [0.15, 0.2) is 24.3 Å². The Morgan fingerprint density at radius 2 is 1.74 bits per heavy atom. The SMILES string of the molecule is COc1cc(OC)nc(Oc2cccc(F)c2C(=O)OCC[Si](C)(C)C)n1. The molecular formula is C18H23FN2O5Si. The van der Waals surface area contributed by atoms with Crippen molar-refractivity contribution < 1.29 is 28.1 Å². The Morgan fingerprint density at radius 1 is 1.11 bits per heavy atom. The summed E-state index contributed by atoms with van der Waals surface area (Å²) in [7, 11) is 1.47. The van der Waals surface area contributed by atoms with Crippen LogP contribution in [0.2, 0.25) is 25.7 Å². The van der Waals surface area contributed by atoms with E-state index in [9.17, 15) is 9.18 Å². The third kappa shape index (κ3) is 5.92. The average Bonchev–Trinajstić information content (AvgIpc) is 2.60. The molecule has 0 aliphatic carbocycles. The lowest BCUT2D eigenvalue weighted by atomic mass is 10.2. The zero-order chi connectivity index (χ0) is 20.0. The maximum atomic E-state index is 14.3. The van der Waals surface area contributed by atoms with Gasteiger partial charge in [0.2, 0.25) is 11.8 Å². The van der Waals surface area contributed by atoms with Crippen molar-refractivity contribution in [3.05, 3.63) is 35.6 Å². The zero-order valence-corrected chi connectivity index (χ0v) is 17.0. The summed E-state index contributed by atoms with van der Waals surface area (Å²) < 4.78 is 35.2. The fourth-order valence-corrected chi connectivity index (χ4v) is 2.76. The molecule has 1 aromatic heterocycles. The second kappa shape index (κ2) is 8.80. The molecule has 0 aliphatic rings. The van der Waals surface area contributed by atoms with Gasteiger partial charge in [-0.15, -0.1) is 0 Å². The van der Waals surface area contributed by atoms with Crippen molar-refractivity contribution in [1.29, 1.82) is 0 Å². The molecule has 2 aromatic rings. The highest BCUT2D eigenvalue weighted by molar-refractivity contribution is 6.76. The fraction of sp³-hybridized carbons (Fsp3) is 0.389. The number of methoxy groups -OCH3 is 2. The van der Waals surface area contributed by atoms with Gasteiger partial charge < -0.3 is 18.9 Å². The maximum Gasteiger partial charge on any atom is 0.344 e. The molecule has 27 heavy (non-hydrogen) atoms. The van der Waals surface area contributed by atoms with E-state index in [0.717, 1.165) is 12.1 Å². The second-order valence-electron chi connectivity index (χ2n) is 6.90. The van der Waals surface area contributed by atoms with Crippen LogP contribution in [0.1, 0.15) is 10.4 Å². The molecule has 0 radical (unpaired) electrons. The lowest BCUT2D eigenvalue weighted by Gasteiger charge is -2.16. The van der Waals surface area contributed by atoms with Crippen LogP contribution in [-0.4, -0.2) is 44.8 Å². The van der Waals surface area contributed by atoms with Gasteiger partial charge in [0.15, 0.2) is 0 Å². The van der Waals surface area contributed by atoms with E-state index in [-0.39, 0.29) is 35.7 Å².